The van der Waals surface area contributed by atoms with E-state index in [-0.39, 0.29) is 18.6 Å². The highest BCUT2D eigenvalue weighted by Crippen LogP contribution is 2.22. The first-order chi connectivity index (χ1) is 8.90. The molecule has 0 saturated carbocycles. The van der Waals surface area contributed by atoms with E-state index in [1.54, 1.807) is 13.8 Å². The van der Waals surface area contributed by atoms with Crippen molar-refractivity contribution < 1.29 is 14.3 Å². The molecule has 4 nitrogen and oxygen atoms in total. The Hall–Kier alpha value is -1.55. The van der Waals surface area contributed by atoms with Crippen LogP contribution in [0.4, 0.5) is 0 Å². The van der Waals surface area contributed by atoms with Crippen LogP contribution < -0.4 is 10.1 Å². The van der Waals surface area contributed by atoms with Crippen LogP contribution in [0.2, 0.25) is 0 Å². The highest BCUT2D eigenvalue weighted by atomic mass is 16.5. The Labute approximate surface area is 115 Å². The largest absolute Gasteiger partial charge is 0.492 e. The van der Waals surface area contributed by atoms with E-state index < -0.39 is 5.41 Å². The van der Waals surface area contributed by atoms with E-state index in [1.165, 1.54) is 7.11 Å². The highest BCUT2D eigenvalue weighted by molar-refractivity contribution is 5.75. The maximum atomic E-state index is 11.6. The summed E-state index contributed by atoms with van der Waals surface area (Å²) in [6.07, 6.45) is 0. The fourth-order valence-electron chi connectivity index (χ4n) is 1.64. The minimum atomic E-state index is -0.653. The van der Waals surface area contributed by atoms with Gasteiger partial charge in [0.05, 0.1) is 12.5 Å². The van der Waals surface area contributed by atoms with Crippen molar-refractivity contribution in [1.82, 2.24) is 5.32 Å². The van der Waals surface area contributed by atoms with Crippen LogP contribution in [0.1, 0.15) is 32.4 Å². The molecule has 1 N–H and O–H groups in total. The Bertz CT molecular complexity index is 429. The molecule has 0 heterocycles. The number of hydrogen-bond donors (Lipinski definition) is 1. The van der Waals surface area contributed by atoms with Crippen LogP contribution in [0.3, 0.4) is 0 Å². The predicted octanol–water partition coefficient (Wildman–Crippen LogP) is 2.55. The third-order valence-corrected chi connectivity index (χ3v) is 3.13. The Morgan fingerprint density at radius 2 is 2.11 bits per heavy atom. The zero-order valence-electron chi connectivity index (χ0n) is 12.3. The third kappa shape index (κ3) is 4.24. The standard InChI is InChI=1S/C15H23NO3/c1-11(16-4)12-7-6-8-13(9-12)19-10-15(2,3)14(17)18-5/h6-9,11,16H,10H2,1-5H3. The summed E-state index contributed by atoms with van der Waals surface area (Å²) in [4.78, 5) is 11.6. The van der Waals surface area contributed by atoms with E-state index in [2.05, 4.69) is 12.2 Å². The minimum Gasteiger partial charge on any atom is -0.492 e. The van der Waals surface area contributed by atoms with Gasteiger partial charge in [-0.15, -0.1) is 0 Å². The van der Waals surface area contributed by atoms with Gasteiger partial charge in [0.15, 0.2) is 0 Å². The van der Waals surface area contributed by atoms with Gasteiger partial charge >= 0.3 is 5.97 Å². The van der Waals surface area contributed by atoms with Gasteiger partial charge in [-0.25, -0.2) is 0 Å². The van der Waals surface area contributed by atoms with Gasteiger partial charge in [0.25, 0.3) is 0 Å². The Balaban J connectivity index is 2.70. The quantitative estimate of drug-likeness (QED) is 0.803. The molecular formula is C15H23NO3. The second-order valence-corrected chi connectivity index (χ2v) is 5.25. The van der Waals surface area contributed by atoms with Gasteiger partial charge in [-0.1, -0.05) is 12.1 Å². The highest BCUT2D eigenvalue weighted by Gasteiger charge is 2.29. The summed E-state index contributed by atoms with van der Waals surface area (Å²) in [5.41, 5.74) is 0.496. The Kier molecular flexibility index (Phi) is 5.36. The van der Waals surface area contributed by atoms with Gasteiger partial charge in [0.1, 0.15) is 12.4 Å². The smallest absolute Gasteiger partial charge is 0.314 e. The molecule has 1 aromatic rings. The molecule has 1 unspecified atom stereocenters. The van der Waals surface area contributed by atoms with Gasteiger partial charge in [-0.3, -0.25) is 4.79 Å². The lowest BCUT2D eigenvalue weighted by Gasteiger charge is -2.22. The number of benzene rings is 1. The topological polar surface area (TPSA) is 47.6 Å². The summed E-state index contributed by atoms with van der Waals surface area (Å²) in [5.74, 6) is 0.490. The summed E-state index contributed by atoms with van der Waals surface area (Å²) in [6, 6.07) is 8.12. The lowest BCUT2D eigenvalue weighted by Crippen LogP contribution is -2.32. The van der Waals surface area contributed by atoms with E-state index in [0.717, 1.165) is 11.3 Å². The number of rotatable bonds is 6. The van der Waals surface area contributed by atoms with Crippen LogP contribution in [-0.4, -0.2) is 26.7 Å². The van der Waals surface area contributed by atoms with Crippen LogP contribution in [0, 0.1) is 5.41 Å². The Morgan fingerprint density at radius 3 is 2.68 bits per heavy atom. The number of hydrogen-bond acceptors (Lipinski definition) is 4. The molecule has 1 atom stereocenters. The van der Waals surface area contributed by atoms with E-state index in [1.807, 2.05) is 31.3 Å². The molecule has 106 valence electrons. The van der Waals surface area contributed by atoms with Gasteiger partial charge in [0.2, 0.25) is 0 Å². The van der Waals surface area contributed by atoms with E-state index in [4.69, 9.17) is 9.47 Å². The molecule has 1 rings (SSSR count). The number of nitrogens with one attached hydrogen (secondary N) is 1. The second-order valence-electron chi connectivity index (χ2n) is 5.25. The molecule has 4 heteroatoms. The van der Waals surface area contributed by atoms with Gasteiger partial charge in [0, 0.05) is 6.04 Å². The van der Waals surface area contributed by atoms with Crippen LogP contribution in [0.5, 0.6) is 5.75 Å². The zero-order chi connectivity index (χ0) is 14.5. The summed E-state index contributed by atoms with van der Waals surface area (Å²) in [6.45, 7) is 5.98. The van der Waals surface area contributed by atoms with Gasteiger partial charge < -0.3 is 14.8 Å². The molecule has 0 saturated heterocycles. The number of methoxy groups -OCH3 is 1. The molecule has 0 bridgehead atoms. The normalized spacial score (nSPS) is 12.9. The Morgan fingerprint density at radius 1 is 1.42 bits per heavy atom. The van der Waals surface area contributed by atoms with Crippen molar-refractivity contribution >= 4 is 5.97 Å². The van der Waals surface area contributed by atoms with Gasteiger partial charge in [-0.2, -0.15) is 0 Å². The SMILES string of the molecule is CNC(C)c1cccc(OCC(C)(C)C(=O)OC)c1. The maximum absolute atomic E-state index is 11.6. The maximum Gasteiger partial charge on any atom is 0.314 e. The number of carbonyl (C=O) groups is 1. The van der Waals surface area contributed by atoms with Crippen molar-refractivity contribution in [3.63, 3.8) is 0 Å². The molecule has 0 aliphatic carbocycles. The molecule has 0 amide bonds. The average molecular weight is 265 g/mol. The summed E-state index contributed by atoms with van der Waals surface area (Å²) < 4.78 is 10.5. The van der Waals surface area contributed by atoms with Crippen LogP contribution in [0.15, 0.2) is 24.3 Å². The van der Waals surface area contributed by atoms with E-state index in [0.29, 0.717) is 0 Å². The molecule has 1 aromatic carbocycles. The first kappa shape index (κ1) is 15.5. The first-order valence-corrected chi connectivity index (χ1v) is 6.39. The molecule has 0 aromatic heterocycles. The first-order valence-electron chi connectivity index (χ1n) is 6.39. The monoisotopic (exact) mass is 265 g/mol. The van der Waals surface area contributed by atoms with Crippen molar-refractivity contribution in [2.45, 2.75) is 26.8 Å². The second kappa shape index (κ2) is 6.57. The van der Waals surface area contributed by atoms with Crippen molar-refractivity contribution in [2.75, 3.05) is 20.8 Å². The molecular weight excluding hydrogens is 242 g/mol. The molecule has 0 aliphatic heterocycles. The summed E-state index contributed by atoms with van der Waals surface area (Å²) in [5, 5.41) is 3.18. The van der Waals surface area contributed by atoms with Crippen molar-refractivity contribution in [3.05, 3.63) is 29.8 Å². The third-order valence-electron chi connectivity index (χ3n) is 3.13. The molecule has 0 aliphatic rings. The average Bonchev–Trinajstić information content (AvgIpc) is 2.43. The lowest BCUT2D eigenvalue weighted by atomic mass is 9.95. The minimum absolute atomic E-state index is 0.261. The van der Waals surface area contributed by atoms with Gasteiger partial charge in [-0.05, 0) is 45.5 Å². The fourth-order valence-corrected chi connectivity index (χ4v) is 1.64. The fraction of sp³-hybridized carbons (Fsp3) is 0.533. The molecule has 0 spiro atoms. The predicted molar refractivity (Wildman–Crippen MR) is 75.2 cm³/mol. The number of carbonyl (C=O) groups excluding carboxylic acids is 1. The summed E-state index contributed by atoms with van der Waals surface area (Å²) in [7, 11) is 3.30. The van der Waals surface area contributed by atoms with Crippen molar-refractivity contribution in [1.29, 1.82) is 0 Å². The lowest BCUT2D eigenvalue weighted by molar-refractivity contribution is -0.152. The van der Waals surface area contributed by atoms with Crippen LogP contribution >= 0.6 is 0 Å². The molecule has 0 radical (unpaired) electrons. The van der Waals surface area contributed by atoms with E-state index >= 15 is 0 Å². The number of ether oxygens (including phenoxy) is 2. The van der Waals surface area contributed by atoms with E-state index in [9.17, 15) is 4.79 Å². The molecule has 19 heavy (non-hydrogen) atoms. The van der Waals surface area contributed by atoms with Crippen LogP contribution in [0.25, 0.3) is 0 Å². The number of esters is 1. The summed E-state index contributed by atoms with van der Waals surface area (Å²) >= 11 is 0. The molecule has 0 fully saturated rings. The van der Waals surface area contributed by atoms with Crippen LogP contribution in [-0.2, 0) is 9.53 Å². The van der Waals surface area contributed by atoms with Crippen molar-refractivity contribution in [2.24, 2.45) is 5.41 Å². The zero-order valence-corrected chi connectivity index (χ0v) is 12.3. The van der Waals surface area contributed by atoms with Crippen molar-refractivity contribution in [3.8, 4) is 5.75 Å².